The summed E-state index contributed by atoms with van der Waals surface area (Å²) in [5.41, 5.74) is 0.237. The average molecular weight is 271 g/mol. The topological polar surface area (TPSA) is 37.8 Å². The molecule has 1 aromatic heterocycles. The predicted molar refractivity (Wildman–Crippen MR) is 58.3 cm³/mol. The van der Waals surface area contributed by atoms with E-state index < -0.39 is 0 Å². The molecule has 15 heavy (non-hydrogen) atoms. The molecule has 0 aliphatic carbocycles. The summed E-state index contributed by atoms with van der Waals surface area (Å²) in [7, 11) is 0. The fourth-order valence-electron chi connectivity index (χ4n) is 1.32. The molecular formula is C10H8BrFN2O. The average Bonchev–Trinajstić information content (AvgIpc) is 2.58. The van der Waals surface area contributed by atoms with Gasteiger partial charge >= 0.3 is 5.69 Å². The maximum atomic E-state index is 13.3. The van der Waals surface area contributed by atoms with Crippen molar-refractivity contribution in [1.82, 2.24) is 9.55 Å². The molecule has 0 saturated heterocycles. The Kier molecular flexibility index (Phi) is 2.73. The predicted octanol–water partition coefficient (Wildman–Crippen LogP) is 2.13. The Morgan fingerprint density at radius 1 is 1.47 bits per heavy atom. The molecule has 5 heteroatoms. The van der Waals surface area contributed by atoms with Crippen LogP contribution in [0.25, 0.3) is 0 Å². The number of hydrogen-bond acceptors (Lipinski definition) is 1. The number of aromatic amines is 1. The van der Waals surface area contributed by atoms with Gasteiger partial charge in [-0.1, -0.05) is 15.9 Å². The number of H-pyrrole nitrogens is 1. The number of aromatic nitrogens is 2. The van der Waals surface area contributed by atoms with Gasteiger partial charge in [-0.2, -0.15) is 0 Å². The Morgan fingerprint density at radius 3 is 2.93 bits per heavy atom. The first-order chi connectivity index (χ1) is 7.16. The first kappa shape index (κ1) is 10.2. The maximum absolute atomic E-state index is 13.3. The van der Waals surface area contributed by atoms with Crippen LogP contribution in [0.3, 0.4) is 0 Å². The smallest absolute Gasteiger partial charge is 0.313 e. The Bertz CT molecular complexity index is 532. The van der Waals surface area contributed by atoms with Crippen LogP contribution in [-0.4, -0.2) is 9.55 Å². The number of nitrogens with one attached hydrogen (secondary N) is 1. The van der Waals surface area contributed by atoms with Crippen LogP contribution in [0.4, 0.5) is 4.39 Å². The van der Waals surface area contributed by atoms with Crippen LogP contribution in [0.2, 0.25) is 0 Å². The molecule has 0 amide bonds. The van der Waals surface area contributed by atoms with Crippen LogP contribution in [0.5, 0.6) is 0 Å². The van der Waals surface area contributed by atoms with E-state index in [4.69, 9.17) is 0 Å². The zero-order valence-corrected chi connectivity index (χ0v) is 9.29. The molecule has 0 fully saturated rings. The monoisotopic (exact) mass is 270 g/mol. The van der Waals surface area contributed by atoms with E-state index in [1.807, 2.05) is 0 Å². The largest absolute Gasteiger partial charge is 0.325 e. The fourth-order valence-corrected chi connectivity index (χ4v) is 1.73. The highest BCUT2D eigenvalue weighted by Crippen LogP contribution is 2.15. The highest BCUT2D eigenvalue weighted by molar-refractivity contribution is 9.10. The van der Waals surface area contributed by atoms with Gasteiger partial charge in [0.05, 0.1) is 6.54 Å². The molecule has 0 atom stereocenters. The van der Waals surface area contributed by atoms with Crippen molar-refractivity contribution in [3.05, 3.63) is 56.9 Å². The third kappa shape index (κ3) is 2.18. The van der Waals surface area contributed by atoms with E-state index in [0.717, 1.165) is 4.47 Å². The highest BCUT2D eigenvalue weighted by atomic mass is 79.9. The standard InChI is InChI=1S/C10H8BrFN2O/c11-8-1-2-9(12)7(5-8)6-14-4-3-13-10(14)15/h1-5H,6H2,(H,13,15). The maximum Gasteiger partial charge on any atom is 0.325 e. The van der Waals surface area contributed by atoms with Gasteiger partial charge in [-0.3, -0.25) is 4.57 Å². The van der Waals surface area contributed by atoms with Crippen molar-refractivity contribution in [2.45, 2.75) is 6.54 Å². The Morgan fingerprint density at radius 2 is 2.27 bits per heavy atom. The lowest BCUT2D eigenvalue weighted by Gasteiger charge is -2.03. The minimum Gasteiger partial charge on any atom is -0.313 e. The zero-order valence-electron chi connectivity index (χ0n) is 7.71. The molecule has 2 rings (SSSR count). The molecule has 1 heterocycles. The molecule has 0 saturated carbocycles. The number of hydrogen-bond donors (Lipinski definition) is 1. The lowest BCUT2D eigenvalue weighted by atomic mass is 10.2. The molecule has 0 aliphatic heterocycles. The van der Waals surface area contributed by atoms with Gasteiger partial charge in [0.15, 0.2) is 0 Å². The number of nitrogens with zero attached hydrogens (tertiary/aromatic N) is 1. The second-order valence-electron chi connectivity index (χ2n) is 3.13. The van der Waals surface area contributed by atoms with Crippen LogP contribution in [0.15, 0.2) is 39.9 Å². The van der Waals surface area contributed by atoms with Crippen molar-refractivity contribution in [3.63, 3.8) is 0 Å². The number of imidazole rings is 1. The Hall–Kier alpha value is -1.36. The SMILES string of the molecule is O=c1[nH]ccn1Cc1cc(Br)ccc1F. The molecule has 0 radical (unpaired) electrons. The quantitative estimate of drug-likeness (QED) is 0.892. The lowest BCUT2D eigenvalue weighted by Crippen LogP contribution is -2.17. The fraction of sp³-hybridized carbons (Fsp3) is 0.100. The number of benzene rings is 1. The summed E-state index contributed by atoms with van der Waals surface area (Å²) >= 11 is 3.26. The van der Waals surface area contributed by atoms with Gasteiger partial charge in [0.25, 0.3) is 0 Å². The summed E-state index contributed by atoms with van der Waals surface area (Å²) in [5, 5.41) is 0. The van der Waals surface area contributed by atoms with Crippen LogP contribution in [-0.2, 0) is 6.54 Å². The number of rotatable bonds is 2. The van der Waals surface area contributed by atoms with Crippen molar-refractivity contribution < 1.29 is 4.39 Å². The third-order valence-electron chi connectivity index (χ3n) is 2.07. The highest BCUT2D eigenvalue weighted by Gasteiger charge is 2.04. The van der Waals surface area contributed by atoms with Gasteiger partial charge in [-0.05, 0) is 18.2 Å². The summed E-state index contributed by atoms with van der Waals surface area (Å²) in [6.07, 6.45) is 3.11. The van der Waals surface area contributed by atoms with Gasteiger partial charge in [-0.15, -0.1) is 0 Å². The van der Waals surface area contributed by atoms with Gasteiger partial charge < -0.3 is 4.98 Å². The van der Waals surface area contributed by atoms with E-state index >= 15 is 0 Å². The van der Waals surface area contributed by atoms with Crippen LogP contribution < -0.4 is 5.69 Å². The minimum absolute atomic E-state index is 0.230. The van der Waals surface area contributed by atoms with Gasteiger partial charge in [0.1, 0.15) is 5.82 Å². The second-order valence-corrected chi connectivity index (χ2v) is 4.04. The van der Waals surface area contributed by atoms with Crippen LogP contribution >= 0.6 is 15.9 Å². The molecule has 1 N–H and O–H groups in total. The summed E-state index contributed by atoms with van der Waals surface area (Å²) in [6.45, 7) is 0.230. The normalized spacial score (nSPS) is 10.5. The van der Waals surface area contributed by atoms with Gasteiger partial charge in [0.2, 0.25) is 0 Å². The van der Waals surface area contributed by atoms with Crippen LogP contribution in [0, 0.1) is 5.82 Å². The molecular weight excluding hydrogens is 263 g/mol. The molecule has 1 aromatic carbocycles. The molecule has 0 aliphatic rings. The van der Waals surface area contributed by atoms with E-state index in [1.54, 1.807) is 18.3 Å². The molecule has 78 valence electrons. The van der Waals surface area contributed by atoms with E-state index in [0.29, 0.717) is 5.56 Å². The molecule has 2 aromatic rings. The van der Waals surface area contributed by atoms with E-state index in [2.05, 4.69) is 20.9 Å². The van der Waals surface area contributed by atoms with Crippen molar-refractivity contribution in [3.8, 4) is 0 Å². The zero-order chi connectivity index (χ0) is 10.8. The summed E-state index contributed by atoms with van der Waals surface area (Å²) in [6, 6.07) is 4.66. The first-order valence-corrected chi connectivity index (χ1v) is 5.14. The lowest BCUT2D eigenvalue weighted by molar-refractivity contribution is 0.596. The second kappa shape index (κ2) is 4.02. The van der Waals surface area contributed by atoms with Gasteiger partial charge in [-0.25, -0.2) is 9.18 Å². The first-order valence-electron chi connectivity index (χ1n) is 4.34. The Labute approximate surface area is 93.7 Å². The summed E-state index contributed by atoms with van der Waals surface area (Å²) < 4.78 is 15.5. The minimum atomic E-state index is -0.314. The third-order valence-corrected chi connectivity index (χ3v) is 2.56. The molecule has 0 spiro atoms. The van der Waals surface area contributed by atoms with Crippen molar-refractivity contribution >= 4 is 15.9 Å². The Balaban J connectivity index is 2.36. The molecule has 3 nitrogen and oxygen atoms in total. The summed E-state index contributed by atoms with van der Waals surface area (Å²) in [4.78, 5) is 13.7. The van der Waals surface area contributed by atoms with E-state index in [-0.39, 0.29) is 18.1 Å². The molecule has 0 unspecified atom stereocenters. The van der Waals surface area contributed by atoms with Crippen molar-refractivity contribution in [2.24, 2.45) is 0 Å². The summed E-state index contributed by atoms with van der Waals surface area (Å²) in [5.74, 6) is -0.314. The van der Waals surface area contributed by atoms with E-state index in [9.17, 15) is 9.18 Å². The number of halogens is 2. The van der Waals surface area contributed by atoms with Crippen LogP contribution in [0.1, 0.15) is 5.56 Å². The molecule has 0 bridgehead atoms. The van der Waals surface area contributed by atoms with Crippen molar-refractivity contribution in [1.29, 1.82) is 0 Å². The van der Waals surface area contributed by atoms with Crippen molar-refractivity contribution in [2.75, 3.05) is 0 Å². The van der Waals surface area contributed by atoms with E-state index in [1.165, 1.54) is 16.8 Å². The van der Waals surface area contributed by atoms with Gasteiger partial charge in [0, 0.05) is 22.4 Å².